The van der Waals surface area contributed by atoms with Crippen molar-refractivity contribution in [3.8, 4) is 0 Å². The molecule has 1 fully saturated rings. The fourth-order valence-electron chi connectivity index (χ4n) is 2.14. The zero-order valence-corrected chi connectivity index (χ0v) is 12.4. The lowest BCUT2D eigenvalue weighted by molar-refractivity contribution is 0.630. The molecule has 2 aromatic rings. The van der Waals surface area contributed by atoms with Gasteiger partial charge in [-0.2, -0.15) is 0 Å². The second kappa shape index (κ2) is 5.47. The number of thiazole rings is 1. The Bertz CT molecular complexity index is 537. The quantitative estimate of drug-likeness (QED) is 0.876. The minimum Gasteiger partial charge on any atom is -0.344 e. The zero-order chi connectivity index (χ0) is 13.2. The molecule has 1 N–H and O–H groups in total. The summed E-state index contributed by atoms with van der Waals surface area (Å²) in [5.41, 5.74) is 2.53. The molecule has 0 unspecified atom stereocenters. The molecule has 0 saturated heterocycles. The fourth-order valence-corrected chi connectivity index (χ4v) is 2.96. The van der Waals surface area contributed by atoms with E-state index in [0.717, 1.165) is 19.1 Å². The molecule has 4 heteroatoms. The van der Waals surface area contributed by atoms with Gasteiger partial charge in [-0.15, -0.1) is 11.3 Å². The predicted octanol–water partition coefficient (Wildman–Crippen LogP) is 3.37. The van der Waals surface area contributed by atoms with Crippen LogP contribution in [0, 0.1) is 0 Å². The fraction of sp³-hybridized carbons (Fsp3) is 0.533. The van der Waals surface area contributed by atoms with Gasteiger partial charge in [-0.05, 0) is 25.0 Å². The van der Waals surface area contributed by atoms with Gasteiger partial charge in [-0.25, -0.2) is 4.98 Å². The Kier molecular flexibility index (Phi) is 3.71. The van der Waals surface area contributed by atoms with Crippen molar-refractivity contribution in [3.05, 3.63) is 40.1 Å². The summed E-state index contributed by atoms with van der Waals surface area (Å²) >= 11 is 1.77. The molecule has 1 aliphatic rings. The van der Waals surface area contributed by atoms with Gasteiger partial charge in [0.1, 0.15) is 0 Å². The first-order valence-corrected chi connectivity index (χ1v) is 7.92. The highest BCUT2D eigenvalue weighted by Gasteiger charge is 2.20. The highest BCUT2D eigenvalue weighted by Crippen LogP contribution is 2.21. The largest absolute Gasteiger partial charge is 0.344 e. The molecule has 2 heterocycles. The molecule has 0 aliphatic heterocycles. The van der Waals surface area contributed by atoms with Crippen LogP contribution >= 0.6 is 11.3 Å². The van der Waals surface area contributed by atoms with E-state index in [2.05, 4.69) is 47.4 Å². The summed E-state index contributed by atoms with van der Waals surface area (Å²) < 4.78 is 2.30. The normalized spacial score (nSPS) is 15.3. The maximum absolute atomic E-state index is 4.71. The van der Waals surface area contributed by atoms with E-state index in [1.165, 1.54) is 29.2 Å². The van der Waals surface area contributed by atoms with Crippen LogP contribution in [0.4, 0.5) is 0 Å². The molecule has 0 aromatic carbocycles. The van der Waals surface area contributed by atoms with E-state index in [-0.39, 0.29) is 0 Å². The second-order valence-corrected chi connectivity index (χ2v) is 6.50. The van der Waals surface area contributed by atoms with Crippen molar-refractivity contribution in [2.75, 3.05) is 0 Å². The number of hydrogen-bond acceptors (Lipinski definition) is 3. The smallest absolute Gasteiger partial charge is 0.0954 e. The van der Waals surface area contributed by atoms with E-state index in [1.807, 2.05) is 0 Å². The van der Waals surface area contributed by atoms with Crippen LogP contribution in [0.2, 0.25) is 0 Å². The third-order valence-electron chi connectivity index (χ3n) is 3.47. The highest BCUT2D eigenvalue weighted by molar-refractivity contribution is 7.09. The molecule has 102 valence electrons. The van der Waals surface area contributed by atoms with E-state index in [9.17, 15) is 0 Å². The number of nitrogens with zero attached hydrogens (tertiary/aromatic N) is 2. The lowest BCUT2D eigenvalue weighted by Crippen LogP contribution is -2.18. The number of nitrogens with one attached hydrogen (secondary N) is 1. The Hall–Kier alpha value is -1.13. The molecule has 1 aliphatic carbocycles. The summed E-state index contributed by atoms with van der Waals surface area (Å²) in [5.74, 6) is 0.527. The minimum absolute atomic E-state index is 0.527. The molecular formula is C15H21N3S. The standard InChI is InChI=1S/C15H21N3S/c1-11(2)15-17-13(10-19-15)9-18-7-3-4-14(18)8-16-12-5-6-12/h3-4,7,10-12,16H,5-6,8-9H2,1-2H3. The van der Waals surface area contributed by atoms with Gasteiger partial charge in [0.05, 0.1) is 17.2 Å². The first kappa shape index (κ1) is 12.9. The van der Waals surface area contributed by atoms with Crippen LogP contribution in [0.15, 0.2) is 23.7 Å². The number of aromatic nitrogens is 2. The number of hydrogen-bond donors (Lipinski definition) is 1. The topological polar surface area (TPSA) is 29.9 Å². The van der Waals surface area contributed by atoms with Gasteiger partial charge >= 0.3 is 0 Å². The summed E-state index contributed by atoms with van der Waals surface area (Å²) in [5, 5.41) is 6.99. The molecule has 3 rings (SSSR count). The minimum atomic E-state index is 0.527. The van der Waals surface area contributed by atoms with E-state index in [0.29, 0.717) is 5.92 Å². The lowest BCUT2D eigenvalue weighted by Gasteiger charge is -2.08. The highest BCUT2D eigenvalue weighted by atomic mass is 32.1. The van der Waals surface area contributed by atoms with Crippen LogP contribution in [0.5, 0.6) is 0 Å². The molecule has 0 spiro atoms. The molecule has 0 bridgehead atoms. The van der Waals surface area contributed by atoms with Crippen molar-refractivity contribution in [2.45, 2.75) is 51.7 Å². The molecule has 3 nitrogen and oxygen atoms in total. The summed E-state index contributed by atoms with van der Waals surface area (Å²) in [6, 6.07) is 5.08. The van der Waals surface area contributed by atoms with Gasteiger partial charge in [-0.1, -0.05) is 13.8 Å². The van der Waals surface area contributed by atoms with Gasteiger partial charge < -0.3 is 9.88 Å². The average molecular weight is 275 g/mol. The SMILES string of the molecule is CC(C)c1nc(Cn2cccc2CNC2CC2)cs1. The van der Waals surface area contributed by atoms with Crippen molar-refractivity contribution in [2.24, 2.45) is 0 Å². The van der Waals surface area contributed by atoms with Crippen molar-refractivity contribution in [1.29, 1.82) is 0 Å². The monoisotopic (exact) mass is 275 g/mol. The summed E-state index contributed by atoms with van der Waals surface area (Å²) in [6.07, 6.45) is 4.83. The van der Waals surface area contributed by atoms with E-state index >= 15 is 0 Å². The molecule has 1 saturated carbocycles. The Labute approximate surface area is 118 Å². The van der Waals surface area contributed by atoms with Crippen LogP contribution in [-0.2, 0) is 13.1 Å². The first-order valence-electron chi connectivity index (χ1n) is 7.04. The summed E-state index contributed by atoms with van der Waals surface area (Å²) in [6.45, 7) is 6.25. The van der Waals surface area contributed by atoms with Crippen LogP contribution in [0.1, 0.15) is 49.0 Å². The third kappa shape index (κ3) is 3.25. The summed E-state index contributed by atoms with van der Waals surface area (Å²) in [4.78, 5) is 4.71. The molecule has 19 heavy (non-hydrogen) atoms. The van der Waals surface area contributed by atoms with Crippen molar-refractivity contribution in [3.63, 3.8) is 0 Å². The molecule has 0 amide bonds. The molecule has 0 atom stereocenters. The molecule has 2 aromatic heterocycles. The zero-order valence-electron chi connectivity index (χ0n) is 11.6. The third-order valence-corrected chi connectivity index (χ3v) is 4.66. The second-order valence-electron chi connectivity index (χ2n) is 5.61. The molecular weight excluding hydrogens is 254 g/mol. The Morgan fingerprint density at radius 3 is 3.00 bits per heavy atom. The van der Waals surface area contributed by atoms with Crippen LogP contribution < -0.4 is 5.32 Å². The first-order chi connectivity index (χ1) is 9.22. The van der Waals surface area contributed by atoms with Gasteiger partial charge in [0, 0.05) is 35.8 Å². The Balaban J connectivity index is 1.65. The van der Waals surface area contributed by atoms with Gasteiger partial charge in [0.25, 0.3) is 0 Å². The summed E-state index contributed by atoms with van der Waals surface area (Å²) in [7, 11) is 0. The van der Waals surface area contributed by atoms with Crippen molar-refractivity contribution < 1.29 is 0 Å². The maximum atomic E-state index is 4.71. The van der Waals surface area contributed by atoms with E-state index in [1.54, 1.807) is 11.3 Å². The number of rotatable bonds is 6. The van der Waals surface area contributed by atoms with E-state index < -0.39 is 0 Å². The van der Waals surface area contributed by atoms with Crippen LogP contribution in [0.25, 0.3) is 0 Å². The Morgan fingerprint density at radius 2 is 2.32 bits per heavy atom. The van der Waals surface area contributed by atoms with Gasteiger partial charge in [-0.3, -0.25) is 0 Å². The van der Waals surface area contributed by atoms with Crippen molar-refractivity contribution >= 4 is 11.3 Å². The maximum Gasteiger partial charge on any atom is 0.0954 e. The predicted molar refractivity (Wildman–Crippen MR) is 79.6 cm³/mol. The Morgan fingerprint density at radius 1 is 1.47 bits per heavy atom. The molecule has 0 radical (unpaired) electrons. The van der Waals surface area contributed by atoms with Crippen LogP contribution in [-0.4, -0.2) is 15.6 Å². The van der Waals surface area contributed by atoms with Crippen molar-refractivity contribution in [1.82, 2.24) is 14.9 Å². The van der Waals surface area contributed by atoms with Gasteiger partial charge in [0.15, 0.2) is 0 Å². The average Bonchev–Trinajstić information content (AvgIpc) is 2.92. The van der Waals surface area contributed by atoms with Crippen LogP contribution in [0.3, 0.4) is 0 Å². The van der Waals surface area contributed by atoms with Gasteiger partial charge in [0.2, 0.25) is 0 Å². The lowest BCUT2D eigenvalue weighted by atomic mass is 10.2. The van der Waals surface area contributed by atoms with E-state index in [4.69, 9.17) is 4.98 Å².